The van der Waals surface area contributed by atoms with Crippen LogP contribution in [0.4, 0.5) is 0 Å². The molecule has 1 amide bonds. The molecule has 3 aromatic carbocycles. The van der Waals surface area contributed by atoms with E-state index in [1.165, 1.54) is 35.7 Å². The summed E-state index contributed by atoms with van der Waals surface area (Å²) in [7, 11) is 0. The van der Waals surface area contributed by atoms with Crippen LogP contribution in [-0.4, -0.2) is 44.4 Å². The molecule has 1 saturated heterocycles. The highest BCUT2D eigenvalue weighted by Gasteiger charge is 2.20. The van der Waals surface area contributed by atoms with E-state index in [2.05, 4.69) is 73.5 Å². The van der Waals surface area contributed by atoms with E-state index >= 15 is 0 Å². The van der Waals surface area contributed by atoms with Crippen LogP contribution in [-0.2, 0) is 11.3 Å². The number of para-hydroxylation sites is 1. The molecule has 0 unspecified atom stereocenters. The van der Waals surface area contributed by atoms with Gasteiger partial charge in [0.2, 0.25) is 5.91 Å². The van der Waals surface area contributed by atoms with Gasteiger partial charge in [-0.25, -0.2) is 0 Å². The fraction of sp³-hybridized carbons (Fsp3) is 0.276. The predicted molar refractivity (Wildman–Crippen MR) is 145 cm³/mol. The van der Waals surface area contributed by atoms with Crippen molar-refractivity contribution in [3.8, 4) is 16.8 Å². The number of amides is 1. The topological polar surface area (TPSA) is 63.1 Å². The van der Waals surface area contributed by atoms with E-state index < -0.39 is 0 Å². The molecule has 6 nitrogen and oxygen atoms in total. The predicted octanol–water partition coefficient (Wildman–Crippen LogP) is 5.50. The third-order valence-electron chi connectivity index (χ3n) is 6.51. The molecule has 5 rings (SSSR count). The Morgan fingerprint density at radius 3 is 2.22 bits per heavy atom. The third kappa shape index (κ3) is 5.86. The Kier molecular flexibility index (Phi) is 7.79. The molecule has 36 heavy (non-hydrogen) atoms. The van der Waals surface area contributed by atoms with Gasteiger partial charge in [0.05, 0.1) is 18.3 Å². The van der Waals surface area contributed by atoms with Gasteiger partial charge in [-0.05, 0) is 61.7 Å². The number of likely N-dealkylation sites (tertiary alicyclic amines) is 1. The Labute approximate surface area is 216 Å². The first-order valence-electron chi connectivity index (χ1n) is 12.5. The molecular weight excluding hydrogens is 466 g/mol. The monoisotopic (exact) mass is 497 g/mol. The number of nitrogens with zero attached hydrogens (tertiary/aromatic N) is 4. The van der Waals surface area contributed by atoms with E-state index in [-0.39, 0.29) is 17.7 Å². The fourth-order valence-corrected chi connectivity index (χ4v) is 5.35. The van der Waals surface area contributed by atoms with Crippen molar-refractivity contribution in [3.63, 3.8) is 0 Å². The second-order valence-corrected chi connectivity index (χ2v) is 10.1. The molecule has 1 aliphatic rings. The Morgan fingerprint density at radius 1 is 0.889 bits per heavy atom. The lowest BCUT2D eigenvalue weighted by molar-refractivity contribution is -0.119. The highest BCUT2D eigenvalue weighted by molar-refractivity contribution is 7.99. The first kappa shape index (κ1) is 24.3. The molecule has 184 valence electrons. The molecule has 0 aliphatic carbocycles. The summed E-state index contributed by atoms with van der Waals surface area (Å²) in [5, 5.41) is 12.8. The van der Waals surface area contributed by atoms with Crippen LogP contribution in [0.3, 0.4) is 0 Å². The second-order valence-electron chi connectivity index (χ2n) is 9.12. The van der Waals surface area contributed by atoms with Crippen LogP contribution in [0.1, 0.15) is 37.2 Å². The SMILES string of the molecule is C[C@@H](NC(=O)CSc1nnc(CN2CCCC2)n1-c1ccccc1)c1ccc(-c2ccccc2)cc1. The molecule has 1 aliphatic heterocycles. The van der Waals surface area contributed by atoms with Crippen LogP contribution < -0.4 is 5.32 Å². The van der Waals surface area contributed by atoms with E-state index in [4.69, 9.17) is 0 Å². The van der Waals surface area contributed by atoms with E-state index in [1.54, 1.807) is 0 Å². The number of carbonyl (C=O) groups is 1. The highest BCUT2D eigenvalue weighted by atomic mass is 32.2. The molecule has 1 N–H and O–H groups in total. The number of nitrogens with one attached hydrogen (secondary N) is 1. The first-order chi connectivity index (χ1) is 17.7. The molecule has 0 radical (unpaired) electrons. The summed E-state index contributed by atoms with van der Waals surface area (Å²) in [6, 6.07) is 28.7. The van der Waals surface area contributed by atoms with Crippen LogP contribution in [0.2, 0.25) is 0 Å². The Balaban J connectivity index is 1.23. The van der Waals surface area contributed by atoms with Gasteiger partial charge in [-0.1, -0.05) is 84.6 Å². The second kappa shape index (κ2) is 11.5. The molecule has 4 aromatic rings. The van der Waals surface area contributed by atoms with Crippen molar-refractivity contribution in [2.45, 2.75) is 37.5 Å². The maximum Gasteiger partial charge on any atom is 0.230 e. The van der Waals surface area contributed by atoms with Gasteiger partial charge in [-0.2, -0.15) is 0 Å². The van der Waals surface area contributed by atoms with E-state index in [9.17, 15) is 4.79 Å². The molecule has 1 aromatic heterocycles. The maximum absolute atomic E-state index is 12.8. The van der Waals surface area contributed by atoms with Gasteiger partial charge >= 0.3 is 0 Å². The number of hydrogen-bond donors (Lipinski definition) is 1. The standard InChI is InChI=1S/C29H31N5OS/c1-22(23-14-16-25(17-15-23)24-10-4-2-5-11-24)30-28(35)21-36-29-32-31-27(20-33-18-8-9-19-33)34(29)26-12-6-3-7-13-26/h2-7,10-17,22H,8-9,18-21H2,1H3,(H,30,35)/t22-/m1/s1. The van der Waals surface area contributed by atoms with Gasteiger partial charge in [-0.15, -0.1) is 10.2 Å². The van der Waals surface area contributed by atoms with Gasteiger partial charge in [-0.3, -0.25) is 14.3 Å². The van der Waals surface area contributed by atoms with E-state index in [1.807, 2.05) is 43.3 Å². The minimum atomic E-state index is -0.0827. The molecule has 1 atom stereocenters. The van der Waals surface area contributed by atoms with Gasteiger partial charge in [0.1, 0.15) is 0 Å². The molecule has 2 heterocycles. The van der Waals surface area contributed by atoms with Crippen molar-refractivity contribution in [2.75, 3.05) is 18.8 Å². The molecular formula is C29H31N5OS. The number of rotatable bonds is 9. The lowest BCUT2D eigenvalue weighted by Crippen LogP contribution is -2.28. The van der Waals surface area contributed by atoms with Gasteiger partial charge in [0.25, 0.3) is 0 Å². The van der Waals surface area contributed by atoms with E-state index in [0.29, 0.717) is 0 Å². The van der Waals surface area contributed by atoms with Crippen molar-refractivity contribution in [1.29, 1.82) is 0 Å². The molecule has 7 heteroatoms. The van der Waals surface area contributed by atoms with Crippen molar-refractivity contribution >= 4 is 17.7 Å². The van der Waals surface area contributed by atoms with Gasteiger partial charge < -0.3 is 5.32 Å². The van der Waals surface area contributed by atoms with Gasteiger partial charge in [0, 0.05) is 5.69 Å². The lowest BCUT2D eigenvalue weighted by Gasteiger charge is -2.16. The van der Waals surface area contributed by atoms with Crippen LogP contribution in [0.15, 0.2) is 90.1 Å². The van der Waals surface area contributed by atoms with E-state index in [0.717, 1.165) is 41.9 Å². The number of thioether (sulfide) groups is 1. The maximum atomic E-state index is 12.8. The first-order valence-corrected chi connectivity index (χ1v) is 13.5. The summed E-state index contributed by atoms with van der Waals surface area (Å²) in [4.78, 5) is 15.2. The number of benzene rings is 3. The van der Waals surface area contributed by atoms with Crippen molar-refractivity contribution in [3.05, 3.63) is 96.3 Å². The summed E-state index contributed by atoms with van der Waals surface area (Å²) in [5.41, 5.74) is 4.45. The molecule has 0 saturated carbocycles. The molecule has 1 fully saturated rings. The van der Waals surface area contributed by atoms with Crippen LogP contribution in [0.5, 0.6) is 0 Å². The summed E-state index contributed by atoms with van der Waals surface area (Å²) in [6.07, 6.45) is 2.46. The van der Waals surface area contributed by atoms with Gasteiger partial charge in [0.15, 0.2) is 11.0 Å². The number of aromatic nitrogens is 3. The molecule has 0 spiro atoms. The summed E-state index contributed by atoms with van der Waals surface area (Å²) >= 11 is 1.42. The average Bonchev–Trinajstić information content (AvgIpc) is 3.59. The van der Waals surface area contributed by atoms with Crippen molar-refractivity contribution in [1.82, 2.24) is 25.0 Å². The van der Waals surface area contributed by atoms with Crippen LogP contribution in [0, 0.1) is 0 Å². The van der Waals surface area contributed by atoms with Crippen LogP contribution in [0.25, 0.3) is 16.8 Å². The highest BCUT2D eigenvalue weighted by Crippen LogP contribution is 2.25. The zero-order chi connectivity index (χ0) is 24.7. The summed E-state index contributed by atoms with van der Waals surface area (Å²) < 4.78 is 2.09. The Bertz CT molecular complexity index is 1270. The fourth-order valence-electron chi connectivity index (χ4n) is 4.56. The third-order valence-corrected chi connectivity index (χ3v) is 7.44. The minimum Gasteiger partial charge on any atom is -0.349 e. The summed E-state index contributed by atoms with van der Waals surface area (Å²) in [6.45, 7) is 4.97. The Morgan fingerprint density at radius 2 is 1.53 bits per heavy atom. The number of carbonyl (C=O) groups excluding carboxylic acids is 1. The summed E-state index contributed by atoms with van der Waals surface area (Å²) in [5.74, 6) is 1.17. The smallest absolute Gasteiger partial charge is 0.230 e. The largest absolute Gasteiger partial charge is 0.349 e. The van der Waals surface area contributed by atoms with Crippen molar-refractivity contribution < 1.29 is 4.79 Å². The van der Waals surface area contributed by atoms with Crippen LogP contribution >= 0.6 is 11.8 Å². The lowest BCUT2D eigenvalue weighted by atomic mass is 10.0. The zero-order valence-electron chi connectivity index (χ0n) is 20.5. The average molecular weight is 498 g/mol. The number of hydrogen-bond acceptors (Lipinski definition) is 5. The zero-order valence-corrected chi connectivity index (χ0v) is 21.3. The molecule has 0 bridgehead atoms. The van der Waals surface area contributed by atoms with Crippen molar-refractivity contribution in [2.24, 2.45) is 0 Å². The quantitative estimate of drug-likeness (QED) is 0.310. The minimum absolute atomic E-state index is 0.0247. The Hall–Kier alpha value is -3.42. The normalized spacial score (nSPS) is 14.6.